The second-order valence-corrected chi connectivity index (χ2v) is 9.50. The highest BCUT2D eigenvalue weighted by molar-refractivity contribution is 6.74. The van der Waals surface area contributed by atoms with Crippen LogP contribution in [0.3, 0.4) is 0 Å². The number of rotatable bonds is 7. The van der Waals surface area contributed by atoms with Crippen LogP contribution in [0.5, 0.6) is 0 Å². The summed E-state index contributed by atoms with van der Waals surface area (Å²) in [5.74, 6) is -0.378. The molecule has 1 heterocycles. The maximum atomic E-state index is 13.2. The molecular weight excluding hydrogens is 349 g/mol. The van der Waals surface area contributed by atoms with Gasteiger partial charge in [-0.3, -0.25) is 4.79 Å². The largest absolute Gasteiger partial charge is 0.465 e. The number of ether oxygens (including phenoxy) is 1. The lowest BCUT2D eigenvalue weighted by Gasteiger charge is -2.35. The molecule has 154 valence electrons. The van der Waals surface area contributed by atoms with Crippen molar-refractivity contribution >= 4 is 24.1 Å². The molecule has 0 spiro atoms. The number of nitrogens with zero attached hydrogens (tertiary/aromatic N) is 1. The summed E-state index contributed by atoms with van der Waals surface area (Å²) < 4.78 is 4.96. The van der Waals surface area contributed by atoms with Gasteiger partial charge in [0.05, 0.1) is 12.7 Å². The molecule has 1 saturated heterocycles. The lowest BCUT2D eigenvalue weighted by atomic mass is 9.42. The lowest BCUT2D eigenvalue weighted by molar-refractivity contribution is 0.0601. The maximum Gasteiger partial charge on any atom is 0.337 e. The molecule has 5 heteroatoms. The van der Waals surface area contributed by atoms with E-state index in [4.69, 9.17) is 4.74 Å². The first-order valence-corrected chi connectivity index (χ1v) is 10.6. The molecule has 28 heavy (non-hydrogen) atoms. The second kappa shape index (κ2) is 8.71. The molecule has 2 rings (SSSR count). The Labute approximate surface area is 171 Å². The van der Waals surface area contributed by atoms with Gasteiger partial charge in [-0.25, -0.2) is 4.79 Å². The van der Waals surface area contributed by atoms with Gasteiger partial charge in [-0.15, -0.1) is 0 Å². The zero-order chi connectivity index (χ0) is 21.1. The van der Waals surface area contributed by atoms with Crippen LogP contribution in [0.4, 0.5) is 0 Å². The Morgan fingerprint density at radius 2 is 1.46 bits per heavy atom. The normalized spacial score (nSPS) is 17.5. The van der Waals surface area contributed by atoms with Crippen molar-refractivity contribution in [2.45, 2.75) is 67.0 Å². The van der Waals surface area contributed by atoms with Crippen LogP contribution in [0.1, 0.15) is 75.1 Å². The van der Waals surface area contributed by atoms with Gasteiger partial charge in [-0.05, 0) is 29.7 Å². The molecular formula is C23H36BNO3. The van der Waals surface area contributed by atoms with Crippen LogP contribution in [0.25, 0.3) is 0 Å². The van der Waals surface area contributed by atoms with Crippen molar-refractivity contribution in [2.75, 3.05) is 20.2 Å². The fourth-order valence-electron chi connectivity index (χ4n) is 4.38. The van der Waals surface area contributed by atoms with Gasteiger partial charge in [-0.2, -0.15) is 0 Å². The van der Waals surface area contributed by atoms with Crippen molar-refractivity contribution in [2.24, 2.45) is 10.8 Å². The molecule has 1 aromatic carbocycles. The Morgan fingerprint density at radius 1 is 0.964 bits per heavy atom. The van der Waals surface area contributed by atoms with E-state index in [1.54, 1.807) is 6.07 Å². The predicted molar refractivity (Wildman–Crippen MR) is 117 cm³/mol. The van der Waals surface area contributed by atoms with E-state index in [1.165, 1.54) is 7.11 Å². The van der Waals surface area contributed by atoms with Crippen LogP contribution >= 0.6 is 0 Å². The van der Waals surface area contributed by atoms with Crippen LogP contribution in [0.2, 0.25) is 12.6 Å². The van der Waals surface area contributed by atoms with Gasteiger partial charge in [0.15, 0.2) is 6.71 Å². The van der Waals surface area contributed by atoms with Crippen LogP contribution in [-0.4, -0.2) is 43.7 Å². The van der Waals surface area contributed by atoms with Gasteiger partial charge in [0, 0.05) is 18.7 Å². The Bertz CT molecular complexity index is 705. The van der Waals surface area contributed by atoms with E-state index >= 15 is 0 Å². The van der Waals surface area contributed by atoms with Gasteiger partial charge in [0.1, 0.15) is 0 Å². The molecule has 0 N–H and O–H groups in total. The van der Waals surface area contributed by atoms with E-state index in [1.807, 2.05) is 17.0 Å². The van der Waals surface area contributed by atoms with E-state index < -0.39 is 0 Å². The summed E-state index contributed by atoms with van der Waals surface area (Å²) in [5.41, 5.74) is 2.57. The van der Waals surface area contributed by atoms with Crippen molar-refractivity contribution < 1.29 is 14.3 Å². The van der Waals surface area contributed by atoms with Crippen molar-refractivity contribution in [3.05, 3.63) is 29.3 Å². The number of hydrogen-bond donors (Lipinski definition) is 0. The number of carbonyl (C=O) groups is 2. The van der Waals surface area contributed by atoms with Gasteiger partial charge in [0.2, 0.25) is 0 Å². The minimum absolute atomic E-state index is 0.00669. The molecule has 1 aliphatic heterocycles. The van der Waals surface area contributed by atoms with Crippen molar-refractivity contribution in [1.82, 2.24) is 4.90 Å². The van der Waals surface area contributed by atoms with Gasteiger partial charge in [0.25, 0.3) is 5.91 Å². The van der Waals surface area contributed by atoms with Crippen LogP contribution < -0.4 is 5.46 Å². The Morgan fingerprint density at radius 3 is 1.93 bits per heavy atom. The quantitative estimate of drug-likeness (QED) is 0.513. The number of amides is 1. The summed E-state index contributed by atoms with van der Waals surface area (Å²) >= 11 is 0. The van der Waals surface area contributed by atoms with E-state index in [-0.39, 0.29) is 22.7 Å². The first kappa shape index (κ1) is 22.5. The van der Waals surface area contributed by atoms with Crippen molar-refractivity contribution in [3.63, 3.8) is 0 Å². The molecule has 0 unspecified atom stereocenters. The molecule has 1 amide bonds. The average molecular weight is 385 g/mol. The number of benzene rings is 1. The van der Waals surface area contributed by atoms with Gasteiger partial charge in [-0.1, -0.05) is 71.8 Å². The summed E-state index contributed by atoms with van der Waals surface area (Å²) in [7, 11) is 1.39. The SMILES string of the molecule is CCCN(CCC)C(=O)c1cc(B2CC(C)(C)C(C)(C)C2)cc(C(=O)OC)c1. The highest BCUT2D eigenvalue weighted by Gasteiger charge is 2.48. The summed E-state index contributed by atoms with van der Waals surface area (Å²) in [4.78, 5) is 27.4. The number of carbonyl (C=O) groups excluding carboxylic acids is 2. The van der Waals surface area contributed by atoms with E-state index in [2.05, 4.69) is 41.5 Å². The topological polar surface area (TPSA) is 46.6 Å². The molecule has 4 nitrogen and oxygen atoms in total. The van der Waals surface area contributed by atoms with Crippen molar-refractivity contribution in [1.29, 1.82) is 0 Å². The highest BCUT2D eigenvalue weighted by atomic mass is 16.5. The molecule has 0 radical (unpaired) electrons. The van der Waals surface area contributed by atoms with Crippen LogP contribution in [0, 0.1) is 10.8 Å². The standard InChI is InChI=1S/C23H36BNO3/c1-8-10-25(11-9-2)20(26)17-12-18(21(27)28-7)14-19(13-17)24-15-22(3,4)23(5,6)16-24/h12-14H,8-11,15-16H2,1-7H3. The molecule has 1 fully saturated rings. The summed E-state index contributed by atoms with van der Waals surface area (Å²) in [5, 5.41) is 0. The minimum atomic E-state index is -0.384. The molecule has 0 saturated carbocycles. The number of hydrogen-bond acceptors (Lipinski definition) is 3. The third kappa shape index (κ3) is 4.61. The monoisotopic (exact) mass is 385 g/mol. The third-order valence-corrected chi connectivity index (χ3v) is 6.71. The molecule has 0 atom stereocenters. The zero-order valence-electron chi connectivity index (χ0n) is 18.7. The Kier molecular flexibility index (Phi) is 7.00. The number of methoxy groups -OCH3 is 1. The van der Waals surface area contributed by atoms with Crippen LogP contribution in [0.15, 0.2) is 18.2 Å². The van der Waals surface area contributed by atoms with Gasteiger partial charge < -0.3 is 9.64 Å². The third-order valence-electron chi connectivity index (χ3n) is 6.71. The molecule has 0 aliphatic carbocycles. The average Bonchev–Trinajstić information content (AvgIpc) is 2.87. The highest BCUT2D eigenvalue weighted by Crippen LogP contribution is 2.52. The fourth-order valence-corrected chi connectivity index (χ4v) is 4.38. The Balaban J connectivity index is 2.46. The van der Waals surface area contributed by atoms with Crippen molar-refractivity contribution in [3.8, 4) is 0 Å². The second-order valence-electron chi connectivity index (χ2n) is 9.50. The lowest BCUT2D eigenvalue weighted by Crippen LogP contribution is -2.35. The maximum absolute atomic E-state index is 13.2. The summed E-state index contributed by atoms with van der Waals surface area (Å²) in [6.45, 7) is 15.2. The fraction of sp³-hybridized carbons (Fsp3) is 0.652. The minimum Gasteiger partial charge on any atom is -0.465 e. The molecule has 0 aromatic heterocycles. The van der Waals surface area contributed by atoms with E-state index in [0.717, 1.165) is 44.0 Å². The van der Waals surface area contributed by atoms with E-state index in [0.29, 0.717) is 17.8 Å². The molecule has 1 aliphatic rings. The summed E-state index contributed by atoms with van der Waals surface area (Å²) in [6.07, 6.45) is 3.93. The van der Waals surface area contributed by atoms with E-state index in [9.17, 15) is 9.59 Å². The molecule has 0 bridgehead atoms. The molecule has 1 aromatic rings. The predicted octanol–water partition coefficient (Wildman–Crippen LogP) is 4.50. The van der Waals surface area contributed by atoms with Crippen LogP contribution in [-0.2, 0) is 4.74 Å². The smallest absolute Gasteiger partial charge is 0.337 e. The Hall–Kier alpha value is -1.78. The zero-order valence-corrected chi connectivity index (χ0v) is 18.7. The first-order chi connectivity index (χ1) is 13.1. The van der Waals surface area contributed by atoms with Gasteiger partial charge >= 0.3 is 5.97 Å². The first-order valence-electron chi connectivity index (χ1n) is 10.6. The summed E-state index contributed by atoms with van der Waals surface area (Å²) in [6, 6.07) is 5.63. The number of esters is 1.